The second-order valence-corrected chi connectivity index (χ2v) is 6.19. The fourth-order valence-electron chi connectivity index (χ4n) is 3.03. The summed E-state index contributed by atoms with van der Waals surface area (Å²) in [7, 11) is 3.77. The van der Waals surface area contributed by atoms with Crippen molar-refractivity contribution in [1.29, 1.82) is 0 Å². The number of amides is 1. The number of fused-ring (bicyclic) bond motifs is 1. The van der Waals surface area contributed by atoms with Crippen molar-refractivity contribution in [3.8, 4) is 5.75 Å². The first-order valence-electron chi connectivity index (χ1n) is 8.13. The van der Waals surface area contributed by atoms with E-state index in [0.717, 1.165) is 42.6 Å². The van der Waals surface area contributed by atoms with Gasteiger partial charge in [-0.25, -0.2) is 0 Å². The average molecular weight is 316 g/mol. The Morgan fingerprint density at radius 1 is 1.39 bits per heavy atom. The highest BCUT2D eigenvalue weighted by molar-refractivity contribution is 5.80. The van der Waals surface area contributed by atoms with E-state index in [2.05, 4.69) is 22.4 Å². The first-order chi connectivity index (χ1) is 11.2. The molecule has 6 nitrogen and oxygen atoms in total. The van der Waals surface area contributed by atoms with Gasteiger partial charge < -0.3 is 15.0 Å². The largest absolute Gasteiger partial charge is 0.497 e. The average Bonchev–Trinajstić information content (AvgIpc) is 2.97. The Morgan fingerprint density at radius 3 is 2.91 bits per heavy atom. The van der Waals surface area contributed by atoms with E-state index in [4.69, 9.17) is 4.74 Å². The standard InChI is InChI=1S/C17H24N4O2/c1-20-8-5-14(6-9-20)19-17(22)7-10-21-16-4-3-15(23-2)11-13(16)12-18-21/h3-4,11-12,14H,5-10H2,1-2H3,(H,19,22). The molecule has 124 valence electrons. The van der Waals surface area contributed by atoms with Crippen LogP contribution in [0.2, 0.25) is 0 Å². The fraction of sp³-hybridized carbons (Fsp3) is 0.529. The lowest BCUT2D eigenvalue weighted by Gasteiger charge is -2.29. The number of benzene rings is 1. The van der Waals surface area contributed by atoms with Crippen LogP contribution in [0.3, 0.4) is 0 Å². The highest BCUT2D eigenvalue weighted by atomic mass is 16.5. The van der Waals surface area contributed by atoms with Crippen LogP contribution >= 0.6 is 0 Å². The van der Waals surface area contributed by atoms with E-state index in [1.54, 1.807) is 7.11 Å². The van der Waals surface area contributed by atoms with Crippen LogP contribution in [0.5, 0.6) is 5.75 Å². The van der Waals surface area contributed by atoms with Gasteiger partial charge in [0.15, 0.2) is 0 Å². The number of aryl methyl sites for hydroxylation is 1. The van der Waals surface area contributed by atoms with Crippen LogP contribution < -0.4 is 10.1 Å². The number of piperidine rings is 1. The third-order valence-electron chi connectivity index (χ3n) is 4.48. The Hall–Kier alpha value is -2.08. The Kier molecular flexibility index (Phi) is 4.81. The van der Waals surface area contributed by atoms with Crippen molar-refractivity contribution in [1.82, 2.24) is 20.0 Å². The van der Waals surface area contributed by atoms with Gasteiger partial charge in [-0.05, 0) is 51.2 Å². The van der Waals surface area contributed by atoms with Crippen molar-refractivity contribution in [3.05, 3.63) is 24.4 Å². The highest BCUT2D eigenvalue weighted by Gasteiger charge is 2.18. The normalized spacial score (nSPS) is 16.6. The predicted octanol–water partition coefficient (Wildman–Crippen LogP) is 1.65. The molecule has 0 spiro atoms. The highest BCUT2D eigenvalue weighted by Crippen LogP contribution is 2.20. The van der Waals surface area contributed by atoms with Crippen molar-refractivity contribution in [3.63, 3.8) is 0 Å². The topological polar surface area (TPSA) is 59.4 Å². The van der Waals surface area contributed by atoms with Gasteiger partial charge in [0.1, 0.15) is 5.75 Å². The summed E-state index contributed by atoms with van der Waals surface area (Å²) in [6, 6.07) is 6.17. The smallest absolute Gasteiger partial charge is 0.222 e. The minimum atomic E-state index is 0.108. The summed E-state index contributed by atoms with van der Waals surface area (Å²) in [5, 5.41) is 8.54. The summed E-state index contributed by atoms with van der Waals surface area (Å²) in [4.78, 5) is 14.4. The van der Waals surface area contributed by atoms with Crippen LogP contribution in [-0.2, 0) is 11.3 Å². The first-order valence-corrected chi connectivity index (χ1v) is 8.13. The third kappa shape index (κ3) is 3.82. The van der Waals surface area contributed by atoms with E-state index in [-0.39, 0.29) is 5.91 Å². The minimum absolute atomic E-state index is 0.108. The van der Waals surface area contributed by atoms with E-state index in [9.17, 15) is 4.79 Å². The lowest BCUT2D eigenvalue weighted by atomic mass is 10.1. The summed E-state index contributed by atoms with van der Waals surface area (Å²) in [6.45, 7) is 2.70. The molecule has 1 saturated heterocycles. The molecule has 1 aromatic carbocycles. The molecule has 0 atom stereocenters. The van der Waals surface area contributed by atoms with Crippen LogP contribution in [-0.4, -0.2) is 53.9 Å². The molecule has 23 heavy (non-hydrogen) atoms. The molecule has 1 aliphatic heterocycles. The molecule has 2 heterocycles. The Balaban J connectivity index is 1.54. The van der Waals surface area contributed by atoms with Crippen molar-refractivity contribution in [2.45, 2.75) is 31.8 Å². The Morgan fingerprint density at radius 2 is 2.17 bits per heavy atom. The van der Waals surface area contributed by atoms with Gasteiger partial charge >= 0.3 is 0 Å². The fourth-order valence-corrected chi connectivity index (χ4v) is 3.03. The van der Waals surface area contributed by atoms with Crippen LogP contribution in [0.1, 0.15) is 19.3 Å². The predicted molar refractivity (Wildman–Crippen MR) is 89.6 cm³/mol. The van der Waals surface area contributed by atoms with E-state index in [0.29, 0.717) is 19.0 Å². The number of rotatable bonds is 5. The molecule has 1 aliphatic rings. The molecule has 0 radical (unpaired) electrons. The molecular formula is C17H24N4O2. The minimum Gasteiger partial charge on any atom is -0.497 e. The zero-order valence-electron chi connectivity index (χ0n) is 13.8. The number of hydrogen-bond acceptors (Lipinski definition) is 4. The number of carbonyl (C=O) groups excluding carboxylic acids is 1. The Labute approximate surface area is 136 Å². The van der Waals surface area contributed by atoms with Gasteiger partial charge in [0.2, 0.25) is 5.91 Å². The second-order valence-electron chi connectivity index (χ2n) is 6.19. The number of likely N-dealkylation sites (tertiary alicyclic amines) is 1. The first kappa shape index (κ1) is 15.8. The molecular weight excluding hydrogens is 292 g/mol. The molecule has 1 aromatic heterocycles. The van der Waals surface area contributed by atoms with Gasteiger partial charge in [-0.15, -0.1) is 0 Å². The molecule has 0 unspecified atom stereocenters. The molecule has 1 fully saturated rings. The summed E-state index contributed by atoms with van der Waals surface area (Å²) in [5.74, 6) is 0.925. The van der Waals surface area contributed by atoms with Gasteiger partial charge in [-0.2, -0.15) is 5.10 Å². The molecule has 1 amide bonds. The zero-order chi connectivity index (χ0) is 16.2. The zero-order valence-corrected chi connectivity index (χ0v) is 13.8. The maximum Gasteiger partial charge on any atom is 0.222 e. The third-order valence-corrected chi connectivity index (χ3v) is 4.48. The Bertz CT molecular complexity index is 674. The monoisotopic (exact) mass is 316 g/mol. The lowest BCUT2D eigenvalue weighted by Crippen LogP contribution is -2.43. The maximum atomic E-state index is 12.1. The van der Waals surface area contributed by atoms with Crippen molar-refractivity contribution in [2.75, 3.05) is 27.2 Å². The number of methoxy groups -OCH3 is 1. The van der Waals surface area contributed by atoms with E-state index in [1.165, 1.54) is 0 Å². The second kappa shape index (κ2) is 7.00. The van der Waals surface area contributed by atoms with E-state index in [1.807, 2.05) is 29.1 Å². The van der Waals surface area contributed by atoms with Gasteiger partial charge in [0.25, 0.3) is 0 Å². The van der Waals surface area contributed by atoms with Crippen molar-refractivity contribution < 1.29 is 9.53 Å². The number of nitrogens with zero attached hydrogens (tertiary/aromatic N) is 3. The van der Waals surface area contributed by atoms with E-state index < -0.39 is 0 Å². The quantitative estimate of drug-likeness (QED) is 0.911. The van der Waals surface area contributed by atoms with E-state index >= 15 is 0 Å². The van der Waals surface area contributed by atoms with Crippen molar-refractivity contribution >= 4 is 16.8 Å². The molecule has 0 saturated carbocycles. The lowest BCUT2D eigenvalue weighted by molar-refractivity contribution is -0.122. The SMILES string of the molecule is COc1ccc2c(cnn2CCC(=O)NC2CCN(C)CC2)c1. The number of ether oxygens (including phenoxy) is 1. The van der Waals surface area contributed by atoms with Gasteiger partial charge in [0, 0.05) is 17.8 Å². The number of nitrogens with one attached hydrogen (secondary N) is 1. The number of aromatic nitrogens is 2. The molecule has 0 bridgehead atoms. The van der Waals surface area contributed by atoms with Crippen LogP contribution in [0.4, 0.5) is 0 Å². The van der Waals surface area contributed by atoms with Gasteiger partial charge in [0.05, 0.1) is 25.4 Å². The summed E-state index contributed by atoms with van der Waals surface area (Å²) >= 11 is 0. The molecule has 1 N–H and O–H groups in total. The molecule has 6 heteroatoms. The summed E-state index contributed by atoms with van der Waals surface area (Å²) in [6.07, 6.45) is 4.33. The molecule has 2 aromatic rings. The number of carbonyl (C=O) groups is 1. The maximum absolute atomic E-state index is 12.1. The number of hydrogen-bond donors (Lipinski definition) is 1. The van der Waals surface area contributed by atoms with Crippen LogP contribution in [0.15, 0.2) is 24.4 Å². The van der Waals surface area contributed by atoms with Gasteiger partial charge in [-0.1, -0.05) is 0 Å². The van der Waals surface area contributed by atoms with Crippen LogP contribution in [0.25, 0.3) is 10.9 Å². The van der Waals surface area contributed by atoms with Crippen LogP contribution in [0, 0.1) is 0 Å². The molecule has 3 rings (SSSR count). The summed E-state index contributed by atoms with van der Waals surface area (Å²) < 4.78 is 7.10. The van der Waals surface area contributed by atoms with Crippen molar-refractivity contribution in [2.24, 2.45) is 0 Å². The molecule has 0 aliphatic carbocycles. The summed E-state index contributed by atoms with van der Waals surface area (Å²) in [5.41, 5.74) is 1.03. The van der Waals surface area contributed by atoms with Gasteiger partial charge in [-0.3, -0.25) is 9.48 Å².